The highest BCUT2D eigenvalue weighted by molar-refractivity contribution is 5.85. The fourth-order valence-corrected chi connectivity index (χ4v) is 0. The summed E-state index contributed by atoms with van der Waals surface area (Å²) in [5.74, 6) is -1.87. The molecule has 0 heterocycles. The zero-order chi connectivity index (χ0) is 14.6. The molecule has 0 rings (SSSR count). The molecule has 0 fully saturated rings. The average molecular weight is 248 g/mol. The van der Waals surface area contributed by atoms with Crippen LogP contribution in [0, 0.1) is 0 Å². The van der Waals surface area contributed by atoms with Gasteiger partial charge in [0.05, 0.1) is 12.7 Å². The van der Waals surface area contributed by atoms with Crippen molar-refractivity contribution in [1.29, 1.82) is 0 Å². The molecule has 0 saturated carbocycles. The second kappa shape index (κ2) is 12.4. The van der Waals surface area contributed by atoms with Crippen LogP contribution in [0.5, 0.6) is 0 Å². The number of aliphatic hydroxyl groups excluding tert-OH is 2. The van der Waals surface area contributed by atoms with Gasteiger partial charge in [-0.1, -0.05) is 13.2 Å². The molecule has 0 amide bonds. The monoisotopic (exact) mass is 248 g/mol. The Hall–Kier alpha value is -1.66. The zero-order valence-electron chi connectivity index (χ0n) is 10.3. The topological polar surface area (TPSA) is 115 Å². The van der Waals surface area contributed by atoms with Crippen LogP contribution in [0.3, 0.4) is 0 Å². The number of carboxylic acid groups (broad SMARTS) is 2. The van der Waals surface area contributed by atoms with Crippen molar-refractivity contribution in [1.82, 2.24) is 0 Å². The van der Waals surface area contributed by atoms with Gasteiger partial charge in [-0.05, 0) is 20.8 Å². The Bertz CT molecular complexity index is 219. The van der Waals surface area contributed by atoms with Gasteiger partial charge in [0.2, 0.25) is 0 Å². The average Bonchev–Trinajstić information content (AvgIpc) is 2.19. The first-order valence-corrected chi connectivity index (χ1v) is 4.62. The van der Waals surface area contributed by atoms with E-state index < -0.39 is 18.0 Å². The van der Waals surface area contributed by atoms with E-state index in [1.165, 1.54) is 20.8 Å². The third-order valence-electron chi connectivity index (χ3n) is 0.994. The number of rotatable bonds is 3. The van der Waals surface area contributed by atoms with E-state index in [4.69, 9.17) is 20.4 Å². The molecule has 0 aromatic rings. The lowest BCUT2D eigenvalue weighted by atomic mass is 10.4. The van der Waals surface area contributed by atoms with Gasteiger partial charge in [-0.25, -0.2) is 9.59 Å². The third kappa shape index (κ3) is 31.4. The van der Waals surface area contributed by atoms with E-state index in [0.29, 0.717) is 0 Å². The minimum absolute atomic E-state index is 0.139. The molecule has 0 aliphatic heterocycles. The summed E-state index contributed by atoms with van der Waals surface area (Å²) in [5, 5.41) is 31.8. The van der Waals surface area contributed by atoms with Gasteiger partial charge < -0.3 is 20.4 Å². The molecular formula is C11H20O6. The minimum Gasteiger partial charge on any atom is -0.478 e. The molecule has 0 aromatic heterocycles. The summed E-state index contributed by atoms with van der Waals surface area (Å²) in [6.45, 7) is 10.6. The van der Waals surface area contributed by atoms with E-state index in [2.05, 4.69) is 13.2 Å². The van der Waals surface area contributed by atoms with E-state index in [1.54, 1.807) is 0 Å². The second-order valence-electron chi connectivity index (χ2n) is 3.20. The quantitative estimate of drug-likeness (QED) is 0.545. The Balaban J connectivity index is -0.000000174. The van der Waals surface area contributed by atoms with Crippen LogP contribution in [0.1, 0.15) is 20.8 Å². The maximum atomic E-state index is 9.60. The summed E-state index contributed by atoms with van der Waals surface area (Å²) in [6, 6.07) is 0. The van der Waals surface area contributed by atoms with Crippen LogP contribution < -0.4 is 0 Å². The van der Waals surface area contributed by atoms with Gasteiger partial charge in [-0.2, -0.15) is 0 Å². The van der Waals surface area contributed by atoms with Gasteiger partial charge in [-0.3, -0.25) is 0 Å². The van der Waals surface area contributed by atoms with Gasteiger partial charge in [0.15, 0.2) is 0 Å². The summed E-state index contributed by atoms with van der Waals surface area (Å²) in [4.78, 5) is 19.2. The number of aliphatic hydroxyl groups is 2. The minimum atomic E-state index is -0.935. The van der Waals surface area contributed by atoms with Crippen molar-refractivity contribution in [3.8, 4) is 0 Å². The zero-order valence-corrected chi connectivity index (χ0v) is 10.3. The van der Waals surface area contributed by atoms with Crippen LogP contribution >= 0.6 is 0 Å². The summed E-state index contributed by atoms with van der Waals surface area (Å²) in [5.41, 5.74) is 0.352. The summed E-state index contributed by atoms with van der Waals surface area (Å²) >= 11 is 0. The van der Waals surface area contributed by atoms with Crippen molar-refractivity contribution in [2.24, 2.45) is 0 Å². The van der Waals surface area contributed by atoms with Crippen molar-refractivity contribution in [3.63, 3.8) is 0 Å². The first-order valence-electron chi connectivity index (χ1n) is 4.62. The lowest BCUT2D eigenvalue weighted by Crippen LogP contribution is -2.03. The summed E-state index contributed by atoms with van der Waals surface area (Å²) < 4.78 is 0. The van der Waals surface area contributed by atoms with Gasteiger partial charge in [0.1, 0.15) is 0 Å². The first-order chi connectivity index (χ1) is 7.56. The molecule has 4 N–H and O–H groups in total. The summed E-state index contributed by atoms with van der Waals surface area (Å²) in [7, 11) is 0. The van der Waals surface area contributed by atoms with Crippen molar-refractivity contribution in [3.05, 3.63) is 24.3 Å². The van der Waals surface area contributed by atoms with Gasteiger partial charge in [-0.15, -0.1) is 0 Å². The molecule has 0 spiro atoms. The van der Waals surface area contributed by atoms with Crippen LogP contribution in [0.4, 0.5) is 0 Å². The van der Waals surface area contributed by atoms with E-state index in [1.807, 2.05) is 0 Å². The predicted molar refractivity (Wildman–Crippen MR) is 63.7 cm³/mol. The molecule has 6 heteroatoms. The molecule has 0 radical (unpaired) electrons. The van der Waals surface area contributed by atoms with Crippen LogP contribution in [0.2, 0.25) is 0 Å². The first kappa shape index (κ1) is 20.7. The molecular weight excluding hydrogens is 228 g/mol. The highest BCUT2D eigenvalue weighted by atomic mass is 16.4. The molecule has 100 valence electrons. The van der Waals surface area contributed by atoms with Gasteiger partial charge >= 0.3 is 11.9 Å². The van der Waals surface area contributed by atoms with E-state index in [-0.39, 0.29) is 17.8 Å². The standard InChI is InChI=1S/2C4H6O2.C3H8O2/c2*1-3(2)4(5)6;1-3(5)2-4/h2*1H2,2H3,(H,5,6);3-5H,2H2,1H3. The van der Waals surface area contributed by atoms with Gasteiger partial charge in [0, 0.05) is 11.1 Å². The number of carboxylic acids is 2. The van der Waals surface area contributed by atoms with Crippen LogP contribution in [-0.4, -0.2) is 45.1 Å². The number of aliphatic carboxylic acids is 2. The molecule has 0 bridgehead atoms. The summed E-state index contributed by atoms with van der Waals surface area (Å²) in [6.07, 6.45) is -0.560. The fraction of sp³-hybridized carbons (Fsp3) is 0.455. The molecule has 0 aliphatic rings. The smallest absolute Gasteiger partial charge is 0.330 e. The van der Waals surface area contributed by atoms with E-state index >= 15 is 0 Å². The molecule has 6 nitrogen and oxygen atoms in total. The largest absolute Gasteiger partial charge is 0.478 e. The predicted octanol–water partition coefficient (Wildman–Crippen LogP) is 0.654. The Kier molecular flexibility index (Phi) is 15.1. The Morgan fingerprint density at radius 1 is 1.06 bits per heavy atom. The maximum absolute atomic E-state index is 9.60. The van der Waals surface area contributed by atoms with Gasteiger partial charge in [0.25, 0.3) is 0 Å². The second-order valence-corrected chi connectivity index (χ2v) is 3.20. The number of hydrogen-bond acceptors (Lipinski definition) is 4. The SMILES string of the molecule is C=C(C)C(=O)O.C=C(C)C(=O)O.CC(O)CO. The van der Waals surface area contributed by atoms with Crippen molar-refractivity contribution in [2.45, 2.75) is 26.9 Å². The highest BCUT2D eigenvalue weighted by Gasteiger charge is 1.90. The lowest BCUT2D eigenvalue weighted by Gasteiger charge is -1.90. The highest BCUT2D eigenvalue weighted by Crippen LogP contribution is 1.81. The Morgan fingerprint density at radius 2 is 1.18 bits per heavy atom. The normalized spacial score (nSPS) is 9.71. The van der Waals surface area contributed by atoms with Crippen LogP contribution in [0.25, 0.3) is 0 Å². The molecule has 1 unspecified atom stereocenters. The molecule has 17 heavy (non-hydrogen) atoms. The van der Waals surface area contributed by atoms with E-state index in [9.17, 15) is 9.59 Å². The van der Waals surface area contributed by atoms with Crippen molar-refractivity contribution >= 4 is 11.9 Å². The fourth-order valence-electron chi connectivity index (χ4n) is 0. The van der Waals surface area contributed by atoms with Crippen LogP contribution in [0.15, 0.2) is 24.3 Å². The Labute approximate surface area is 101 Å². The molecule has 0 aromatic carbocycles. The van der Waals surface area contributed by atoms with Crippen molar-refractivity contribution in [2.75, 3.05) is 6.61 Å². The third-order valence-corrected chi connectivity index (χ3v) is 0.994. The molecule has 0 saturated heterocycles. The Morgan fingerprint density at radius 3 is 1.18 bits per heavy atom. The molecule has 1 atom stereocenters. The lowest BCUT2D eigenvalue weighted by molar-refractivity contribution is -0.133. The van der Waals surface area contributed by atoms with E-state index in [0.717, 1.165) is 0 Å². The number of hydrogen-bond donors (Lipinski definition) is 4. The number of carbonyl (C=O) groups is 2. The molecule has 0 aliphatic carbocycles. The van der Waals surface area contributed by atoms with Crippen LogP contribution in [-0.2, 0) is 9.59 Å². The van der Waals surface area contributed by atoms with Crippen molar-refractivity contribution < 1.29 is 30.0 Å². The maximum Gasteiger partial charge on any atom is 0.330 e.